The summed E-state index contributed by atoms with van der Waals surface area (Å²) in [6.07, 6.45) is 6.50. The number of carbonyl (C=O) groups is 3. The molecule has 0 unspecified atom stereocenters. The molecule has 7 nitrogen and oxygen atoms in total. The molecule has 0 bridgehead atoms. The molecule has 142 valence electrons. The molecule has 1 saturated carbocycles. The van der Waals surface area contributed by atoms with Gasteiger partial charge >= 0.3 is 11.9 Å². The normalized spacial score (nSPS) is 28.2. The number of fused-ring (bicyclic) bond motifs is 1. The number of carboxylic acids is 2. The Hall–Kier alpha value is -1.63. The van der Waals surface area contributed by atoms with Crippen molar-refractivity contribution in [2.24, 2.45) is 5.92 Å². The number of nitrogens with zero attached hydrogens (tertiary/aromatic N) is 1. The van der Waals surface area contributed by atoms with Gasteiger partial charge in [-0.25, -0.2) is 4.79 Å². The van der Waals surface area contributed by atoms with E-state index in [0.717, 1.165) is 38.5 Å². The maximum absolute atomic E-state index is 13.0. The number of carbonyl (C=O) groups excluding carboxylic acids is 1. The van der Waals surface area contributed by atoms with E-state index in [2.05, 4.69) is 5.32 Å². The largest absolute Gasteiger partial charge is 0.480 e. The van der Waals surface area contributed by atoms with E-state index in [1.54, 1.807) is 6.92 Å². The Kier molecular flexibility index (Phi) is 6.81. The molecule has 0 aromatic rings. The molecule has 25 heavy (non-hydrogen) atoms. The third-order valence-electron chi connectivity index (χ3n) is 5.59. The molecule has 1 heterocycles. The second kappa shape index (κ2) is 8.65. The molecule has 3 N–H and O–H groups in total. The highest BCUT2D eigenvalue weighted by molar-refractivity contribution is 5.88. The van der Waals surface area contributed by atoms with E-state index < -0.39 is 30.1 Å². The summed E-state index contributed by atoms with van der Waals surface area (Å²) in [4.78, 5) is 37.5. The van der Waals surface area contributed by atoms with Crippen LogP contribution >= 0.6 is 0 Å². The van der Waals surface area contributed by atoms with Gasteiger partial charge in [-0.1, -0.05) is 32.6 Å². The maximum atomic E-state index is 13.0. The van der Waals surface area contributed by atoms with Gasteiger partial charge in [0.15, 0.2) is 0 Å². The molecular weight excluding hydrogens is 324 g/mol. The van der Waals surface area contributed by atoms with Crippen molar-refractivity contribution in [3.05, 3.63) is 0 Å². The fourth-order valence-corrected chi connectivity index (χ4v) is 4.28. The molecule has 7 heteroatoms. The summed E-state index contributed by atoms with van der Waals surface area (Å²) in [5, 5.41) is 21.8. The average Bonchev–Trinajstić information content (AvgIpc) is 2.97. The first-order valence-electron chi connectivity index (χ1n) is 9.40. The summed E-state index contributed by atoms with van der Waals surface area (Å²) in [5.41, 5.74) is 0. The van der Waals surface area contributed by atoms with Crippen LogP contribution in [-0.4, -0.2) is 57.1 Å². The minimum absolute atomic E-state index is 0.0227. The van der Waals surface area contributed by atoms with E-state index >= 15 is 0 Å². The van der Waals surface area contributed by atoms with Crippen LogP contribution < -0.4 is 5.32 Å². The highest BCUT2D eigenvalue weighted by atomic mass is 16.4. The molecule has 0 aromatic carbocycles. The molecule has 0 aromatic heterocycles. The van der Waals surface area contributed by atoms with E-state index in [1.807, 2.05) is 6.92 Å². The fraction of sp³-hybridized carbons (Fsp3) is 0.833. The monoisotopic (exact) mass is 354 g/mol. The molecule has 1 aliphatic heterocycles. The molecule has 0 spiro atoms. The van der Waals surface area contributed by atoms with Crippen LogP contribution in [0.2, 0.25) is 0 Å². The standard InChI is InChI=1S/C18H30N2O5/c1-3-4-8-13(17(22)23)19-11(2)16(21)20-14-9-6-5-7-12(14)10-15(20)18(24)25/h11-15,19H,3-10H2,1-2H3,(H,22,23)(H,24,25)/t11-,12-,13-,14-,15-/m0/s1. The first-order valence-corrected chi connectivity index (χ1v) is 9.40. The topological polar surface area (TPSA) is 107 Å². The Labute approximate surface area is 148 Å². The predicted octanol–water partition coefficient (Wildman–Crippen LogP) is 1.85. The number of unbranched alkanes of at least 4 members (excludes halogenated alkanes) is 1. The van der Waals surface area contributed by atoms with Crippen LogP contribution in [0, 0.1) is 5.92 Å². The van der Waals surface area contributed by atoms with Gasteiger partial charge in [-0.15, -0.1) is 0 Å². The summed E-state index contributed by atoms with van der Waals surface area (Å²) in [5.74, 6) is -1.97. The van der Waals surface area contributed by atoms with Gasteiger partial charge in [-0.05, 0) is 38.5 Å². The third-order valence-corrected chi connectivity index (χ3v) is 5.59. The van der Waals surface area contributed by atoms with E-state index in [4.69, 9.17) is 0 Å². The number of rotatable bonds is 8. The SMILES string of the molecule is CCCC[C@H](N[C@@H](C)C(=O)N1[C@H](C(=O)O)C[C@@H]2CCCC[C@@H]21)C(=O)O. The first-order chi connectivity index (χ1) is 11.9. The number of aliphatic carboxylic acids is 2. The summed E-state index contributed by atoms with van der Waals surface area (Å²) < 4.78 is 0. The second-order valence-electron chi connectivity index (χ2n) is 7.37. The van der Waals surface area contributed by atoms with Gasteiger partial charge in [0, 0.05) is 6.04 Å². The Morgan fingerprint density at radius 2 is 1.88 bits per heavy atom. The van der Waals surface area contributed by atoms with Crippen molar-refractivity contribution < 1.29 is 24.6 Å². The number of nitrogens with one attached hydrogen (secondary N) is 1. The minimum Gasteiger partial charge on any atom is -0.480 e. The lowest BCUT2D eigenvalue weighted by Crippen LogP contribution is -2.55. The zero-order chi connectivity index (χ0) is 18.6. The van der Waals surface area contributed by atoms with Crippen LogP contribution in [0.4, 0.5) is 0 Å². The highest BCUT2D eigenvalue weighted by Crippen LogP contribution is 2.40. The van der Waals surface area contributed by atoms with Crippen LogP contribution in [0.15, 0.2) is 0 Å². The van der Waals surface area contributed by atoms with Gasteiger partial charge in [-0.3, -0.25) is 14.9 Å². The lowest BCUT2D eigenvalue weighted by atomic mass is 9.84. The predicted molar refractivity (Wildman–Crippen MR) is 92.2 cm³/mol. The molecule has 1 amide bonds. The van der Waals surface area contributed by atoms with Crippen LogP contribution in [-0.2, 0) is 14.4 Å². The van der Waals surface area contributed by atoms with Gasteiger partial charge in [-0.2, -0.15) is 0 Å². The zero-order valence-electron chi connectivity index (χ0n) is 15.1. The molecule has 5 atom stereocenters. The first kappa shape index (κ1) is 19.7. The fourth-order valence-electron chi connectivity index (χ4n) is 4.28. The molecule has 2 aliphatic rings. The van der Waals surface area contributed by atoms with Gasteiger partial charge < -0.3 is 15.1 Å². The van der Waals surface area contributed by atoms with Crippen molar-refractivity contribution in [1.29, 1.82) is 0 Å². The summed E-state index contributed by atoms with van der Waals surface area (Å²) in [7, 11) is 0. The molecule has 1 aliphatic carbocycles. The Morgan fingerprint density at radius 3 is 2.48 bits per heavy atom. The zero-order valence-corrected chi connectivity index (χ0v) is 15.1. The van der Waals surface area contributed by atoms with E-state index in [0.29, 0.717) is 12.8 Å². The van der Waals surface area contributed by atoms with Crippen molar-refractivity contribution in [2.75, 3.05) is 0 Å². The molecular formula is C18H30N2O5. The molecule has 2 fully saturated rings. The van der Waals surface area contributed by atoms with Crippen LogP contribution in [0.25, 0.3) is 0 Å². The van der Waals surface area contributed by atoms with Crippen molar-refractivity contribution in [3.8, 4) is 0 Å². The van der Waals surface area contributed by atoms with Crippen LogP contribution in [0.3, 0.4) is 0 Å². The lowest BCUT2D eigenvalue weighted by Gasteiger charge is -2.35. The summed E-state index contributed by atoms with van der Waals surface area (Å²) in [6, 6.07) is -2.30. The van der Waals surface area contributed by atoms with Gasteiger partial charge in [0.2, 0.25) is 5.91 Å². The Bertz CT molecular complexity index is 510. The number of amides is 1. The van der Waals surface area contributed by atoms with E-state index in [9.17, 15) is 24.6 Å². The summed E-state index contributed by atoms with van der Waals surface area (Å²) in [6.45, 7) is 3.62. The Morgan fingerprint density at radius 1 is 1.20 bits per heavy atom. The number of hydrogen-bond donors (Lipinski definition) is 3. The van der Waals surface area contributed by atoms with E-state index in [1.165, 1.54) is 4.90 Å². The highest BCUT2D eigenvalue weighted by Gasteiger charge is 2.48. The van der Waals surface area contributed by atoms with Gasteiger partial charge in [0.05, 0.1) is 6.04 Å². The smallest absolute Gasteiger partial charge is 0.326 e. The molecule has 0 radical (unpaired) electrons. The quantitative estimate of drug-likeness (QED) is 0.614. The van der Waals surface area contributed by atoms with Crippen molar-refractivity contribution in [2.45, 2.75) is 89.4 Å². The number of likely N-dealkylation sites (tertiary alicyclic amines) is 1. The van der Waals surface area contributed by atoms with Crippen LogP contribution in [0.1, 0.15) is 65.2 Å². The van der Waals surface area contributed by atoms with E-state index in [-0.39, 0.29) is 17.9 Å². The van der Waals surface area contributed by atoms with Crippen molar-refractivity contribution in [1.82, 2.24) is 10.2 Å². The van der Waals surface area contributed by atoms with Crippen molar-refractivity contribution in [3.63, 3.8) is 0 Å². The molecule has 2 rings (SSSR count). The molecule has 1 saturated heterocycles. The van der Waals surface area contributed by atoms with Gasteiger partial charge in [0.25, 0.3) is 0 Å². The lowest BCUT2D eigenvalue weighted by molar-refractivity contribution is -0.151. The van der Waals surface area contributed by atoms with Crippen molar-refractivity contribution >= 4 is 17.8 Å². The minimum atomic E-state index is -0.972. The third kappa shape index (κ3) is 4.51. The van der Waals surface area contributed by atoms with Gasteiger partial charge in [0.1, 0.15) is 12.1 Å². The maximum Gasteiger partial charge on any atom is 0.326 e. The summed E-state index contributed by atoms with van der Waals surface area (Å²) >= 11 is 0. The Balaban J connectivity index is 2.09. The number of hydrogen-bond acceptors (Lipinski definition) is 4. The average molecular weight is 354 g/mol. The van der Waals surface area contributed by atoms with Crippen LogP contribution in [0.5, 0.6) is 0 Å². The second-order valence-corrected chi connectivity index (χ2v) is 7.37. The number of carboxylic acid groups (broad SMARTS) is 2.